The molecule has 0 radical (unpaired) electrons. The van der Waals surface area contributed by atoms with Crippen LogP contribution in [0.5, 0.6) is 0 Å². The first kappa shape index (κ1) is 10.5. The topological polar surface area (TPSA) is 68.9 Å². The van der Waals surface area contributed by atoms with Gasteiger partial charge in [0.2, 0.25) is 0 Å². The Bertz CT molecular complexity index is 540. The Morgan fingerprint density at radius 3 is 2.88 bits per heavy atom. The van der Waals surface area contributed by atoms with Crippen molar-refractivity contribution in [1.29, 1.82) is 0 Å². The highest BCUT2D eigenvalue weighted by molar-refractivity contribution is 5.76. The zero-order valence-corrected chi connectivity index (χ0v) is 8.88. The molecule has 2 rings (SSSR count). The summed E-state index contributed by atoms with van der Waals surface area (Å²) < 4.78 is 0. The van der Waals surface area contributed by atoms with E-state index in [2.05, 4.69) is 16.9 Å². The molecule has 0 saturated carbocycles. The van der Waals surface area contributed by atoms with E-state index >= 15 is 0 Å². The van der Waals surface area contributed by atoms with Crippen LogP contribution in [-0.4, -0.2) is 14.9 Å². The molecule has 0 unspecified atom stereocenters. The summed E-state index contributed by atoms with van der Waals surface area (Å²) in [7, 11) is 0. The SMILES string of the molecule is CCCc1cnc2cc([N+](=O)[O-])ccc2n1. The molecule has 1 heterocycles. The monoisotopic (exact) mass is 217 g/mol. The summed E-state index contributed by atoms with van der Waals surface area (Å²) in [5.74, 6) is 0. The number of rotatable bonds is 3. The summed E-state index contributed by atoms with van der Waals surface area (Å²) in [5.41, 5.74) is 2.24. The van der Waals surface area contributed by atoms with Crippen LogP contribution < -0.4 is 0 Å². The first-order valence-electron chi connectivity index (χ1n) is 5.11. The second kappa shape index (κ2) is 4.22. The van der Waals surface area contributed by atoms with Crippen LogP contribution in [0.25, 0.3) is 11.0 Å². The molecule has 2 aromatic rings. The van der Waals surface area contributed by atoms with E-state index in [-0.39, 0.29) is 5.69 Å². The van der Waals surface area contributed by atoms with Crippen LogP contribution in [-0.2, 0) is 6.42 Å². The molecular formula is C11H11N3O2. The number of aromatic nitrogens is 2. The Morgan fingerprint density at radius 2 is 2.19 bits per heavy atom. The number of nitrogens with zero attached hydrogens (tertiary/aromatic N) is 3. The molecule has 5 heteroatoms. The van der Waals surface area contributed by atoms with Crippen molar-refractivity contribution in [2.45, 2.75) is 19.8 Å². The first-order chi connectivity index (χ1) is 7.70. The molecule has 1 aromatic carbocycles. The highest BCUT2D eigenvalue weighted by Gasteiger charge is 2.07. The van der Waals surface area contributed by atoms with Gasteiger partial charge in [-0.3, -0.25) is 15.1 Å². The van der Waals surface area contributed by atoms with Gasteiger partial charge < -0.3 is 0 Å². The summed E-state index contributed by atoms with van der Waals surface area (Å²) in [6, 6.07) is 4.53. The molecule has 16 heavy (non-hydrogen) atoms. The molecule has 0 bridgehead atoms. The Kier molecular flexibility index (Phi) is 2.76. The number of nitro groups is 1. The Balaban J connectivity index is 2.48. The van der Waals surface area contributed by atoms with E-state index in [1.54, 1.807) is 12.3 Å². The molecule has 0 fully saturated rings. The lowest BCUT2D eigenvalue weighted by molar-refractivity contribution is -0.384. The molecular weight excluding hydrogens is 206 g/mol. The van der Waals surface area contributed by atoms with Crippen molar-refractivity contribution in [2.24, 2.45) is 0 Å². The van der Waals surface area contributed by atoms with Gasteiger partial charge in [-0.1, -0.05) is 13.3 Å². The molecule has 0 spiro atoms. The average molecular weight is 217 g/mol. The standard InChI is InChI=1S/C11H11N3O2/c1-2-3-8-7-12-11-6-9(14(15)16)4-5-10(11)13-8/h4-7H,2-3H2,1H3. The molecule has 0 aliphatic carbocycles. The van der Waals surface area contributed by atoms with Gasteiger partial charge in [0.15, 0.2) is 0 Å². The van der Waals surface area contributed by atoms with Crippen molar-refractivity contribution >= 4 is 16.7 Å². The van der Waals surface area contributed by atoms with E-state index < -0.39 is 4.92 Å². The van der Waals surface area contributed by atoms with Gasteiger partial charge >= 0.3 is 0 Å². The number of hydrogen-bond donors (Lipinski definition) is 0. The quantitative estimate of drug-likeness (QED) is 0.585. The van der Waals surface area contributed by atoms with E-state index in [0.717, 1.165) is 18.5 Å². The van der Waals surface area contributed by atoms with Crippen LogP contribution in [0.4, 0.5) is 5.69 Å². The minimum absolute atomic E-state index is 0.0463. The highest BCUT2D eigenvalue weighted by Crippen LogP contribution is 2.17. The fourth-order valence-electron chi connectivity index (χ4n) is 1.53. The Labute approximate surface area is 92.3 Å². The maximum atomic E-state index is 10.6. The van der Waals surface area contributed by atoms with Crippen LogP contribution in [0.15, 0.2) is 24.4 Å². The average Bonchev–Trinajstić information content (AvgIpc) is 2.28. The number of benzene rings is 1. The number of aryl methyl sites for hydroxylation is 1. The molecule has 0 N–H and O–H groups in total. The van der Waals surface area contributed by atoms with Crippen molar-refractivity contribution in [3.05, 3.63) is 40.2 Å². The lowest BCUT2D eigenvalue weighted by Crippen LogP contribution is -1.94. The summed E-state index contributed by atoms with van der Waals surface area (Å²) >= 11 is 0. The fourth-order valence-corrected chi connectivity index (χ4v) is 1.53. The molecule has 0 atom stereocenters. The predicted octanol–water partition coefficient (Wildman–Crippen LogP) is 2.49. The normalized spacial score (nSPS) is 10.6. The fraction of sp³-hybridized carbons (Fsp3) is 0.273. The molecule has 0 aliphatic heterocycles. The summed E-state index contributed by atoms with van der Waals surface area (Å²) in [5, 5.41) is 10.6. The zero-order chi connectivity index (χ0) is 11.5. The minimum Gasteiger partial charge on any atom is -0.258 e. The second-order valence-corrected chi connectivity index (χ2v) is 3.54. The van der Waals surface area contributed by atoms with Crippen LogP contribution in [0, 0.1) is 10.1 Å². The van der Waals surface area contributed by atoms with Crippen molar-refractivity contribution in [3.63, 3.8) is 0 Å². The van der Waals surface area contributed by atoms with Crippen molar-refractivity contribution < 1.29 is 4.92 Å². The van der Waals surface area contributed by atoms with Gasteiger partial charge in [0, 0.05) is 18.3 Å². The van der Waals surface area contributed by atoms with Crippen LogP contribution in [0.1, 0.15) is 19.0 Å². The van der Waals surface area contributed by atoms with Gasteiger partial charge in [-0.2, -0.15) is 0 Å². The van der Waals surface area contributed by atoms with E-state index in [1.807, 2.05) is 0 Å². The van der Waals surface area contributed by atoms with E-state index in [4.69, 9.17) is 0 Å². The second-order valence-electron chi connectivity index (χ2n) is 3.54. The lowest BCUT2D eigenvalue weighted by atomic mass is 10.2. The van der Waals surface area contributed by atoms with Crippen LogP contribution in [0.3, 0.4) is 0 Å². The first-order valence-corrected chi connectivity index (χ1v) is 5.11. The maximum absolute atomic E-state index is 10.6. The predicted molar refractivity (Wildman–Crippen MR) is 60.2 cm³/mol. The molecule has 0 saturated heterocycles. The third kappa shape index (κ3) is 1.98. The smallest absolute Gasteiger partial charge is 0.258 e. The van der Waals surface area contributed by atoms with Crippen LogP contribution in [0.2, 0.25) is 0 Å². The number of non-ortho nitro benzene ring substituents is 1. The Hall–Kier alpha value is -2.04. The maximum Gasteiger partial charge on any atom is 0.271 e. The number of fused-ring (bicyclic) bond motifs is 1. The molecule has 82 valence electrons. The van der Waals surface area contributed by atoms with E-state index in [1.165, 1.54) is 12.1 Å². The number of hydrogen-bond acceptors (Lipinski definition) is 4. The third-order valence-corrected chi connectivity index (χ3v) is 2.29. The zero-order valence-electron chi connectivity index (χ0n) is 8.88. The van der Waals surface area contributed by atoms with Crippen molar-refractivity contribution in [3.8, 4) is 0 Å². The van der Waals surface area contributed by atoms with Crippen LogP contribution >= 0.6 is 0 Å². The lowest BCUT2D eigenvalue weighted by Gasteiger charge is -2.00. The third-order valence-electron chi connectivity index (χ3n) is 2.29. The van der Waals surface area contributed by atoms with E-state index in [9.17, 15) is 10.1 Å². The Morgan fingerprint density at radius 1 is 1.38 bits per heavy atom. The van der Waals surface area contributed by atoms with Gasteiger partial charge in [0.1, 0.15) is 0 Å². The van der Waals surface area contributed by atoms with Gasteiger partial charge in [-0.15, -0.1) is 0 Å². The van der Waals surface area contributed by atoms with E-state index in [0.29, 0.717) is 11.0 Å². The molecule has 5 nitrogen and oxygen atoms in total. The summed E-state index contributed by atoms with van der Waals surface area (Å²) in [6.07, 6.45) is 3.56. The molecule has 0 amide bonds. The summed E-state index contributed by atoms with van der Waals surface area (Å²) in [6.45, 7) is 2.07. The summed E-state index contributed by atoms with van der Waals surface area (Å²) in [4.78, 5) is 18.7. The number of nitro benzene ring substituents is 1. The van der Waals surface area contributed by atoms with Crippen molar-refractivity contribution in [1.82, 2.24) is 9.97 Å². The van der Waals surface area contributed by atoms with Gasteiger partial charge in [0.05, 0.1) is 21.7 Å². The van der Waals surface area contributed by atoms with Gasteiger partial charge in [-0.25, -0.2) is 4.98 Å². The van der Waals surface area contributed by atoms with Crippen molar-refractivity contribution in [2.75, 3.05) is 0 Å². The largest absolute Gasteiger partial charge is 0.271 e. The molecule has 1 aromatic heterocycles. The molecule has 0 aliphatic rings. The minimum atomic E-state index is -0.429. The van der Waals surface area contributed by atoms with Gasteiger partial charge in [-0.05, 0) is 12.5 Å². The van der Waals surface area contributed by atoms with Gasteiger partial charge in [0.25, 0.3) is 5.69 Å². The highest BCUT2D eigenvalue weighted by atomic mass is 16.6.